The molecule has 0 aliphatic rings. The quantitative estimate of drug-likeness (QED) is 0.212. The molecular formula is C36H22S. The van der Waals surface area contributed by atoms with Gasteiger partial charge in [-0.2, -0.15) is 0 Å². The van der Waals surface area contributed by atoms with Crippen molar-refractivity contribution in [3.63, 3.8) is 0 Å². The summed E-state index contributed by atoms with van der Waals surface area (Å²) in [4.78, 5) is 0. The Kier molecular flexibility index (Phi) is 4.07. The average Bonchev–Trinajstić information content (AvgIpc) is 3.35. The molecule has 0 amide bonds. The van der Waals surface area contributed by atoms with Crippen molar-refractivity contribution in [2.24, 2.45) is 0 Å². The van der Waals surface area contributed by atoms with Gasteiger partial charge in [-0.3, -0.25) is 0 Å². The van der Waals surface area contributed by atoms with Crippen molar-refractivity contribution in [3.8, 4) is 22.3 Å². The summed E-state index contributed by atoms with van der Waals surface area (Å²) in [5, 5.41) is 9.51. The lowest BCUT2D eigenvalue weighted by Crippen LogP contribution is -1.91. The van der Waals surface area contributed by atoms with Gasteiger partial charge < -0.3 is 0 Å². The molecule has 172 valence electrons. The maximum Gasteiger partial charge on any atom is 0.0638 e. The number of fused-ring (bicyclic) bond motifs is 6. The highest BCUT2D eigenvalue weighted by Crippen LogP contribution is 2.45. The van der Waals surface area contributed by atoms with Crippen molar-refractivity contribution in [1.29, 1.82) is 0 Å². The van der Waals surface area contributed by atoms with Crippen LogP contribution in [0.25, 0.3) is 74.7 Å². The molecule has 0 fully saturated rings. The van der Waals surface area contributed by atoms with Crippen LogP contribution in [0.1, 0.15) is 2.74 Å². The Labute approximate surface area is 221 Å². The molecule has 37 heavy (non-hydrogen) atoms. The van der Waals surface area contributed by atoms with Gasteiger partial charge in [-0.05, 0) is 78.8 Å². The molecule has 1 heterocycles. The van der Waals surface area contributed by atoms with E-state index >= 15 is 0 Å². The maximum absolute atomic E-state index is 8.40. The zero-order valence-electron chi connectivity index (χ0n) is 22.0. The van der Waals surface area contributed by atoms with E-state index in [4.69, 9.17) is 2.74 Å². The molecule has 8 rings (SSSR count). The largest absolute Gasteiger partial charge is 0.135 e. The van der Waals surface area contributed by atoms with Gasteiger partial charge >= 0.3 is 0 Å². The fourth-order valence-corrected chi connectivity index (χ4v) is 6.90. The lowest BCUT2D eigenvalue weighted by atomic mass is 9.85. The normalized spacial score (nSPS) is 12.5. The monoisotopic (exact) mass is 488 g/mol. The van der Waals surface area contributed by atoms with Crippen LogP contribution in [0.3, 0.4) is 0 Å². The smallest absolute Gasteiger partial charge is 0.0638 e. The summed E-state index contributed by atoms with van der Waals surface area (Å²) in [6.45, 7) is 0. The Morgan fingerprint density at radius 3 is 1.78 bits per heavy atom. The third-order valence-corrected chi connectivity index (χ3v) is 8.61. The molecule has 0 N–H and O–H groups in total. The van der Waals surface area contributed by atoms with Gasteiger partial charge in [0.2, 0.25) is 0 Å². The van der Waals surface area contributed by atoms with Crippen molar-refractivity contribution in [2.45, 2.75) is 0 Å². The van der Waals surface area contributed by atoms with E-state index in [1.54, 1.807) is 11.3 Å². The fourth-order valence-electron chi connectivity index (χ4n) is 5.85. The standard InChI is InChI=1S/C36H22S/c1-2-10-24-21-25(18-17-23(24)9-1)35-28-12-3-5-14-30(28)36(31-15-6-4-13-29(31)35)26-19-20-34-32(22-26)27-11-7-8-16-33(27)37-34/h1-22H/i1D,16D. The van der Waals surface area contributed by atoms with Crippen molar-refractivity contribution < 1.29 is 2.74 Å². The van der Waals surface area contributed by atoms with E-state index in [0.717, 1.165) is 20.9 Å². The Morgan fingerprint density at radius 1 is 0.432 bits per heavy atom. The van der Waals surface area contributed by atoms with E-state index in [9.17, 15) is 0 Å². The minimum Gasteiger partial charge on any atom is -0.135 e. The lowest BCUT2D eigenvalue weighted by Gasteiger charge is -2.18. The van der Waals surface area contributed by atoms with Crippen molar-refractivity contribution in [2.75, 3.05) is 0 Å². The maximum atomic E-state index is 8.40. The summed E-state index contributed by atoms with van der Waals surface area (Å²) in [7, 11) is 0. The second-order valence-electron chi connectivity index (χ2n) is 9.56. The predicted molar refractivity (Wildman–Crippen MR) is 163 cm³/mol. The first-order valence-electron chi connectivity index (χ1n) is 13.5. The summed E-state index contributed by atoms with van der Waals surface area (Å²) >= 11 is 1.70. The van der Waals surface area contributed by atoms with Crippen LogP contribution in [0.4, 0.5) is 0 Å². The number of hydrogen-bond acceptors (Lipinski definition) is 1. The second kappa shape index (κ2) is 8.03. The molecule has 0 aliphatic heterocycles. The molecule has 7 aromatic carbocycles. The zero-order chi connectivity index (χ0) is 26.1. The average molecular weight is 489 g/mol. The lowest BCUT2D eigenvalue weighted by molar-refractivity contribution is 1.69. The number of hydrogen-bond donors (Lipinski definition) is 0. The van der Waals surface area contributed by atoms with Crippen LogP contribution in [0, 0.1) is 0 Å². The highest BCUT2D eigenvalue weighted by Gasteiger charge is 2.17. The van der Waals surface area contributed by atoms with Gasteiger partial charge in [0.05, 0.1) is 2.74 Å². The summed E-state index contributed by atoms with van der Waals surface area (Å²) in [5.41, 5.74) is 4.86. The van der Waals surface area contributed by atoms with E-state index < -0.39 is 0 Å². The van der Waals surface area contributed by atoms with Crippen LogP contribution < -0.4 is 0 Å². The van der Waals surface area contributed by atoms with E-state index in [0.29, 0.717) is 12.1 Å². The molecule has 0 bridgehead atoms. The number of thiophene rings is 1. The predicted octanol–water partition coefficient (Wildman–Crippen LogP) is 10.8. The minimum atomic E-state index is 0.532. The Hall–Kier alpha value is -4.46. The van der Waals surface area contributed by atoms with Crippen LogP contribution in [-0.2, 0) is 0 Å². The molecule has 0 aliphatic carbocycles. The Morgan fingerprint density at radius 2 is 1.05 bits per heavy atom. The molecule has 0 radical (unpaired) electrons. The highest BCUT2D eigenvalue weighted by molar-refractivity contribution is 7.25. The topological polar surface area (TPSA) is 0 Å². The van der Waals surface area contributed by atoms with Crippen LogP contribution in [0.2, 0.25) is 0 Å². The Bertz CT molecular complexity index is 2200. The van der Waals surface area contributed by atoms with Crippen molar-refractivity contribution in [1.82, 2.24) is 0 Å². The summed E-state index contributed by atoms with van der Waals surface area (Å²) < 4.78 is 18.7. The third kappa shape index (κ3) is 3.15. The summed E-state index contributed by atoms with van der Waals surface area (Å²) in [6.07, 6.45) is 0. The first-order chi connectivity index (χ1) is 19.2. The molecule has 1 heteroatoms. The molecule has 8 aromatic rings. The van der Waals surface area contributed by atoms with Gasteiger partial charge in [-0.25, -0.2) is 0 Å². The molecule has 0 unspecified atom stereocenters. The third-order valence-electron chi connectivity index (χ3n) is 7.49. The highest BCUT2D eigenvalue weighted by atomic mass is 32.1. The second-order valence-corrected chi connectivity index (χ2v) is 10.6. The van der Waals surface area contributed by atoms with Crippen LogP contribution in [0.5, 0.6) is 0 Å². The van der Waals surface area contributed by atoms with Gasteiger partial charge in [0.25, 0.3) is 0 Å². The Balaban J connectivity index is 1.46. The molecule has 0 saturated heterocycles. The van der Waals surface area contributed by atoms with Gasteiger partial charge in [0.1, 0.15) is 0 Å². The molecule has 0 nitrogen and oxygen atoms in total. The number of rotatable bonds is 2. The molecule has 0 spiro atoms. The summed E-state index contributed by atoms with van der Waals surface area (Å²) in [6, 6.07) is 43.8. The zero-order valence-corrected chi connectivity index (χ0v) is 20.8. The van der Waals surface area contributed by atoms with Gasteiger partial charge in [0, 0.05) is 20.2 Å². The van der Waals surface area contributed by atoms with Crippen molar-refractivity contribution >= 4 is 63.8 Å². The van der Waals surface area contributed by atoms with E-state index in [2.05, 4.69) is 91.0 Å². The summed E-state index contributed by atoms with van der Waals surface area (Å²) in [5.74, 6) is 0. The van der Waals surface area contributed by atoms with Gasteiger partial charge in [-0.15, -0.1) is 11.3 Å². The number of benzene rings is 7. The minimum absolute atomic E-state index is 0.532. The molecule has 0 atom stereocenters. The van der Waals surface area contributed by atoms with Gasteiger partial charge in [-0.1, -0.05) is 109 Å². The molecular weight excluding hydrogens is 464 g/mol. The SMILES string of the molecule is [2H]c1ccc2cc(-c3c4ccccc4c(-c4ccc5sc6c([2H])cccc6c5c4)c4ccccc34)ccc2c1. The first-order valence-corrected chi connectivity index (χ1v) is 13.3. The van der Waals surface area contributed by atoms with Crippen molar-refractivity contribution in [3.05, 3.63) is 133 Å². The van der Waals surface area contributed by atoms with E-state index in [1.165, 1.54) is 53.9 Å². The van der Waals surface area contributed by atoms with E-state index in [-0.39, 0.29) is 0 Å². The molecule has 0 saturated carbocycles. The van der Waals surface area contributed by atoms with Crippen LogP contribution in [-0.4, -0.2) is 0 Å². The van der Waals surface area contributed by atoms with E-state index in [1.807, 2.05) is 30.3 Å². The van der Waals surface area contributed by atoms with Crippen LogP contribution >= 0.6 is 11.3 Å². The van der Waals surface area contributed by atoms with Gasteiger partial charge in [0.15, 0.2) is 0 Å². The first kappa shape index (κ1) is 18.8. The van der Waals surface area contributed by atoms with Crippen LogP contribution in [0.15, 0.2) is 133 Å². The molecule has 1 aromatic heterocycles. The fraction of sp³-hybridized carbons (Fsp3) is 0.